The van der Waals surface area contributed by atoms with E-state index < -0.39 is 5.82 Å². The van der Waals surface area contributed by atoms with E-state index in [1.54, 1.807) is 23.5 Å². The van der Waals surface area contributed by atoms with Crippen molar-refractivity contribution in [2.24, 2.45) is 0 Å². The van der Waals surface area contributed by atoms with Gasteiger partial charge in [0.25, 0.3) is 0 Å². The first kappa shape index (κ1) is 11.9. The monoisotopic (exact) mass is 319 g/mol. The van der Waals surface area contributed by atoms with Gasteiger partial charge in [0.1, 0.15) is 0 Å². The van der Waals surface area contributed by atoms with E-state index in [0.29, 0.717) is 12.2 Å². The molecular weight excluding hydrogens is 313 g/mol. The molecule has 0 bridgehead atoms. The van der Waals surface area contributed by atoms with E-state index in [0.717, 1.165) is 9.35 Å². The molecule has 1 aromatic heterocycles. The minimum absolute atomic E-state index is 0.136. The molecule has 2 aromatic rings. The zero-order chi connectivity index (χ0) is 11.5. The van der Waals surface area contributed by atoms with Gasteiger partial charge in [-0.05, 0) is 34.1 Å². The maximum absolute atomic E-state index is 13.5. The molecule has 0 saturated carbocycles. The van der Waals surface area contributed by atoms with Gasteiger partial charge in [-0.15, -0.1) is 11.3 Å². The van der Waals surface area contributed by atoms with E-state index in [2.05, 4.69) is 21.2 Å². The van der Waals surface area contributed by atoms with Crippen LogP contribution in [0.2, 0.25) is 5.02 Å². The Hall–Kier alpha value is -0.580. The van der Waals surface area contributed by atoms with E-state index in [4.69, 9.17) is 11.6 Å². The Balaban J connectivity index is 2.07. The van der Waals surface area contributed by atoms with Gasteiger partial charge in [-0.1, -0.05) is 17.7 Å². The molecule has 0 spiro atoms. The summed E-state index contributed by atoms with van der Waals surface area (Å²) in [6.07, 6.45) is 0. The number of anilines is 1. The fourth-order valence-corrected chi connectivity index (χ4v) is 2.83. The second-order valence-corrected chi connectivity index (χ2v) is 5.50. The number of nitrogens with one attached hydrogen (secondary N) is 1. The van der Waals surface area contributed by atoms with E-state index in [-0.39, 0.29) is 5.02 Å². The minimum Gasteiger partial charge on any atom is -0.378 e. The van der Waals surface area contributed by atoms with Crippen LogP contribution in [0.15, 0.2) is 34.1 Å². The smallest absolute Gasteiger partial charge is 0.164 e. The van der Waals surface area contributed by atoms with Crippen LogP contribution in [0.3, 0.4) is 0 Å². The average molecular weight is 321 g/mol. The fourth-order valence-electron chi connectivity index (χ4n) is 1.27. The van der Waals surface area contributed by atoms with Crippen molar-refractivity contribution in [3.8, 4) is 0 Å². The maximum Gasteiger partial charge on any atom is 0.164 e. The quantitative estimate of drug-likeness (QED) is 0.847. The Morgan fingerprint density at radius 2 is 2.25 bits per heavy atom. The van der Waals surface area contributed by atoms with Gasteiger partial charge < -0.3 is 5.32 Å². The molecule has 0 aliphatic rings. The van der Waals surface area contributed by atoms with Crippen molar-refractivity contribution in [1.29, 1.82) is 0 Å². The van der Waals surface area contributed by atoms with Gasteiger partial charge in [0.05, 0.1) is 10.7 Å². The Morgan fingerprint density at radius 1 is 1.44 bits per heavy atom. The highest BCUT2D eigenvalue weighted by molar-refractivity contribution is 9.10. The Labute approximate surface area is 110 Å². The summed E-state index contributed by atoms with van der Waals surface area (Å²) in [5.74, 6) is -0.403. The lowest BCUT2D eigenvalue weighted by atomic mass is 10.3. The zero-order valence-corrected chi connectivity index (χ0v) is 11.3. The summed E-state index contributed by atoms with van der Waals surface area (Å²) in [7, 11) is 0. The second-order valence-electron chi connectivity index (χ2n) is 3.19. The molecule has 16 heavy (non-hydrogen) atoms. The highest BCUT2D eigenvalue weighted by Crippen LogP contribution is 2.24. The van der Waals surface area contributed by atoms with Crippen LogP contribution in [-0.2, 0) is 6.54 Å². The van der Waals surface area contributed by atoms with Crippen LogP contribution in [0.25, 0.3) is 0 Å². The minimum atomic E-state index is -0.403. The largest absolute Gasteiger partial charge is 0.378 e. The predicted octanol–water partition coefficient (Wildman–Crippen LogP) is 4.92. The normalized spacial score (nSPS) is 10.4. The summed E-state index contributed by atoms with van der Waals surface area (Å²) >= 11 is 10.7. The summed E-state index contributed by atoms with van der Waals surface area (Å²) in [6, 6.07) is 6.92. The van der Waals surface area contributed by atoms with E-state index >= 15 is 0 Å². The van der Waals surface area contributed by atoms with Gasteiger partial charge in [0.2, 0.25) is 0 Å². The van der Waals surface area contributed by atoms with E-state index in [9.17, 15) is 4.39 Å². The van der Waals surface area contributed by atoms with E-state index in [1.165, 1.54) is 6.07 Å². The molecule has 0 aliphatic heterocycles. The number of hydrogen-bond acceptors (Lipinski definition) is 2. The predicted molar refractivity (Wildman–Crippen MR) is 70.8 cm³/mol. The van der Waals surface area contributed by atoms with Crippen LogP contribution in [-0.4, -0.2) is 0 Å². The molecule has 0 fully saturated rings. The molecular formula is C11H8BrClFNS. The number of hydrogen-bond donors (Lipinski definition) is 1. The van der Waals surface area contributed by atoms with Gasteiger partial charge >= 0.3 is 0 Å². The number of halogens is 3. The number of thiophene rings is 1. The highest BCUT2D eigenvalue weighted by atomic mass is 79.9. The Bertz CT molecular complexity index is 500. The lowest BCUT2D eigenvalue weighted by Crippen LogP contribution is -1.99. The third-order valence-corrected chi connectivity index (χ3v) is 4.02. The molecule has 0 saturated heterocycles. The molecule has 0 amide bonds. The lowest BCUT2D eigenvalue weighted by molar-refractivity contribution is 0.630. The summed E-state index contributed by atoms with van der Waals surface area (Å²) in [6.45, 7) is 0.591. The van der Waals surface area contributed by atoms with Crippen LogP contribution >= 0.6 is 38.9 Å². The standard InChI is InChI=1S/C11H8BrClFNS/c12-7-4-8(16-6-7)5-15-10-3-1-2-9(13)11(10)14/h1-4,6,15H,5H2. The number of benzene rings is 1. The van der Waals surface area contributed by atoms with Crippen molar-refractivity contribution in [3.63, 3.8) is 0 Å². The van der Waals surface area contributed by atoms with Gasteiger partial charge in [-0.2, -0.15) is 0 Å². The molecule has 1 heterocycles. The topological polar surface area (TPSA) is 12.0 Å². The highest BCUT2D eigenvalue weighted by Gasteiger charge is 2.05. The third kappa shape index (κ3) is 2.75. The molecule has 1 nitrogen and oxygen atoms in total. The van der Waals surface area contributed by atoms with Crippen molar-refractivity contribution >= 4 is 44.6 Å². The van der Waals surface area contributed by atoms with Gasteiger partial charge in [0, 0.05) is 21.3 Å². The molecule has 84 valence electrons. The first-order chi connectivity index (χ1) is 7.66. The average Bonchev–Trinajstić information content (AvgIpc) is 2.67. The summed E-state index contributed by atoms with van der Waals surface area (Å²) in [5.41, 5.74) is 0.428. The fraction of sp³-hybridized carbons (Fsp3) is 0.0909. The molecule has 1 aromatic carbocycles. The number of rotatable bonds is 3. The molecule has 2 rings (SSSR count). The van der Waals surface area contributed by atoms with Crippen LogP contribution in [0.1, 0.15) is 4.88 Å². The van der Waals surface area contributed by atoms with Crippen LogP contribution in [0.4, 0.5) is 10.1 Å². The molecule has 1 N–H and O–H groups in total. The van der Waals surface area contributed by atoms with Crippen LogP contribution < -0.4 is 5.32 Å². The molecule has 0 unspecified atom stereocenters. The molecule has 0 atom stereocenters. The van der Waals surface area contributed by atoms with Crippen molar-refractivity contribution in [2.75, 3.05) is 5.32 Å². The van der Waals surface area contributed by atoms with Gasteiger partial charge in [-0.25, -0.2) is 4.39 Å². The van der Waals surface area contributed by atoms with E-state index in [1.807, 2.05) is 11.4 Å². The summed E-state index contributed by atoms with van der Waals surface area (Å²) < 4.78 is 14.6. The van der Waals surface area contributed by atoms with Crippen molar-refractivity contribution in [1.82, 2.24) is 0 Å². The second kappa shape index (κ2) is 5.17. The lowest BCUT2D eigenvalue weighted by Gasteiger charge is -2.06. The van der Waals surface area contributed by atoms with Gasteiger partial charge in [0.15, 0.2) is 5.82 Å². The molecule has 5 heteroatoms. The summed E-state index contributed by atoms with van der Waals surface area (Å²) in [5, 5.41) is 5.14. The van der Waals surface area contributed by atoms with Crippen molar-refractivity contribution < 1.29 is 4.39 Å². The Morgan fingerprint density at radius 3 is 2.94 bits per heavy atom. The molecule has 0 aliphatic carbocycles. The van der Waals surface area contributed by atoms with Crippen LogP contribution in [0.5, 0.6) is 0 Å². The first-order valence-corrected chi connectivity index (χ1v) is 6.62. The van der Waals surface area contributed by atoms with Crippen molar-refractivity contribution in [2.45, 2.75) is 6.54 Å². The Kier molecular flexibility index (Phi) is 3.84. The maximum atomic E-state index is 13.5. The zero-order valence-electron chi connectivity index (χ0n) is 8.14. The third-order valence-electron chi connectivity index (χ3n) is 2.03. The van der Waals surface area contributed by atoms with Gasteiger partial charge in [-0.3, -0.25) is 0 Å². The van der Waals surface area contributed by atoms with Crippen LogP contribution in [0, 0.1) is 5.82 Å². The SMILES string of the molecule is Fc1c(Cl)cccc1NCc1cc(Br)cs1. The summed E-state index contributed by atoms with van der Waals surface area (Å²) in [4.78, 5) is 1.13. The molecule has 0 radical (unpaired) electrons. The first-order valence-electron chi connectivity index (χ1n) is 4.57. The van der Waals surface area contributed by atoms with Crippen molar-refractivity contribution in [3.05, 3.63) is 49.8 Å².